The largest absolute Gasteiger partial charge is 0.494 e. The van der Waals surface area contributed by atoms with Gasteiger partial charge in [-0.2, -0.15) is 0 Å². The molecule has 0 aliphatic carbocycles. The van der Waals surface area contributed by atoms with E-state index in [1.54, 1.807) is 11.0 Å². The van der Waals surface area contributed by atoms with Crippen molar-refractivity contribution in [2.75, 3.05) is 33.3 Å². The molecule has 0 bridgehead atoms. The van der Waals surface area contributed by atoms with Crippen LogP contribution in [0.25, 0.3) is 0 Å². The number of carbonyl (C=O) groups excluding carboxylic acids is 3. The normalized spacial score (nSPS) is 22.4. The van der Waals surface area contributed by atoms with Crippen LogP contribution in [-0.4, -0.2) is 83.6 Å². The van der Waals surface area contributed by atoms with Gasteiger partial charge in [-0.15, -0.1) is 0 Å². The molecular weight excluding hydrogens is 526 g/mol. The fraction of sp³-hybridized carbons (Fsp3) is 0.333. The van der Waals surface area contributed by atoms with E-state index in [-0.39, 0.29) is 47.4 Å². The van der Waals surface area contributed by atoms with E-state index in [1.165, 1.54) is 30.2 Å². The maximum Gasteiger partial charge on any atom is 0.323 e. The van der Waals surface area contributed by atoms with Crippen LogP contribution in [0.1, 0.15) is 34.0 Å². The SMILES string of the molecule is COc1ccc2c(c1F)C(=O)N(C[C@@]1(C#Cc3ccc(C(=NO)N4CCNC[C@@H]4C)c(F)c3)NC(=O)NC1=O)C2. The highest BCUT2D eigenvalue weighted by Crippen LogP contribution is 2.32. The number of carbonyl (C=O) groups is 3. The minimum atomic E-state index is -1.86. The molecule has 2 aromatic rings. The van der Waals surface area contributed by atoms with Gasteiger partial charge in [-0.05, 0) is 36.8 Å². The number of urea groups is 1. The summed E-state index contributed by atoms with van der Waals surface area (Å²) in [6.45, 7) is 3.34. The number of nitrogens with zero attached hydrogens (tertiary/aromatic N) is 3. The van der Waals surface area contributed by atoms with Crippen LogP contribution in [-0.2, 0) is 11.3 Å². The topological polar surface area (TPSA) is 136 Å². The molecule has 2 atom stereocenters. The molecule has 0 saturated carbocycles. The number of fused-ring (bicyclic) bond motifs is 1. The van der Waals surface area contributed by atoms with Gasteiger partial charge in [-0.3, -0.25) is 14.9 Å². The van der Waals surface area contributed by atoms with Gasteiger partial charge in [0.05, 0.1) is 24.8 Å². The molecule has 3 aliphatic heterocycles. The van der Waals surface area contributed by atoms with E-state index < -0.39 is 35.0 Å². The quantitative estimate of drug-likeness (QED) is 0.111. The first-order valence-electron chi connectivity index (χ1n) is 12.5. The van der Waals surface area contributed by atoms with Crippen LogP contribution >= 0.6 is 0 Å². The summed E-state index contributed by atoms with van der Waals surface area (Å²) in [5, 5.41) is 20.7. The number of methoxy groups -OCH3 is 1. The lowest BCUT2D eigenvalue weighted by Gasteiger charge is -2.35. The number of halogens is 2. The summed E-state index contributed by atoms with van der Waals surface area (Å²) in [6.07, 6.45) is 0. The molecule has 4 amide bonds. The van der Waals surface area contributed by atoms with E-state index in [2.05, 4.69) is 32.9 Å². The number of rotatable bonds is 4. The van der Waals surface area contributed by atoms with Gasteiger partial charge in [-0.1, -0.05) is 23.1 Å². The van der Waals surface area contributed by atoms with Crippen molar-refractivity contribution in [2.24, 2.45) is 5.16 Å². The second kappa shape index (κ2) is 10.5. The molecule has 2 fully saturated rings. The lowest BCUT2D eigenvalue weighted by molar-refractivity contribution is -0.122. The van der Waals surface area contributed by atoms with Crippen molar-refractivity contribution in [1.82, 2.24) is 25.8 Å². The molecule has 3 heterocycles. The molecule has 0 aromatic heterocycles. The molecule has 0 radical (unpaired) electrons. The van der Waals surface area contributed by atoms with Gasteiger partial charge in [0.2, 0.25) is 5.54 Å². The van der Waals surface area contributed by atoms with E-state index in [0.717, 1.165) is 6.07 Å². The Bertz CT molecular complexity index is 1500. The number of piperazine rings is 1. The number of imide groups is 1. The average Bonchev–Trinajstić information content (AvgIpc) is 3.40. The summed E-state index contributed by atoms with van der Waals surface area (Å²) >= 11 is 0. The summed E-state index contributed by atoms with van der Waals surface area (Å²) in [7, 11) is 1.28. The fourth-order valence-corrected chi connectivity index (χ4v) is 5.07. The van der Waals surface area contributed by atoms with Crippen molar-refractivity contribution in [3.63, 3.8) is 0 Å². The lowest BCUT2D eigenvalue weighted by atomic mass is 9.98. The Morgan fingerprint density at radius 2 is 2.05 bits per heavy atom. The third-order valence-corrected chi connectivity index (χ3v) is 7.14. The first kappa shape index (κ1) is 26.9. The number of nitrogens with one attached hydrogen (secondary N) is 3. The zero-order chi connectivity index (χ0) is 28.6. The van der Waals surface area contributed by atoms with Crippen molar-refractivity contribution >= 4 is 23.7 Å². The molecule has 11 nitrogen and oxygen atoms in total. The van der Waals surface area contributed by atoms with Gasteiger partial charge in [0, 0.05) is 37.8 Å². The lowest BCUT2D eigenvalue weighted by Crippen LogP contribution is -2.54. The Morgan fingerprint density at radius 1 is 1.25 bits per heavy atom. The number of amidine groups is 1. The third-order valence-electron chi connectivity index (χ3n) is 7.14. The minimum Gasteiger partial charge on any atom is -0.494 e. The van der Waals surface area contributed by atoms with E-state index in [1.807, 2.05) is 6.92 Å². The highest BCUT2D eigenvalue weighted by Gasteiger charge is 2.48. The second-order valence-corrected chi connectivity index (χ2v) is 9.71. The van der Waals surface area contributed by atoms with Crippen LogP contribution < -0.4 is 20.7 Å². The molecule has 208 valence electrons. The summed E-state index contributed by atoms with van der Waals surface area (Å²) in [5.41, 5.74) is -1.40. The summed E-state index contributed by atoms with van der Waals surface area (Å²) in [6, 6.07) is 6.14. The zero-order valence-corrected chi connectivity index (χ0v) is 21.7. The van der Waals surface area contributed by atoms with Gasteiger partial charge in [0.15, 0.2) is 17.4 Å². The van der Waals surface area contributed by atoms with E-state index in [0.29, 0.717) is 25.2 Å². The first-order valence-corrected chi connectivity index (χ1v) is 12.5. The average molecular weight is 553 g/mol. The first-order chi connectivity index (χ1) is 19.2. The molecule has 40 heavy (non-hydrogen) atoms. The smallest absolute Gasteiger partial charge is 0.323 e. The maximum atomic E-state index is 15.2. The Morgan fingerprint density at radius 3 is 2.70 bits per heavy atom. The van der Waals surface area contributed by atoms with Crippen molar-refractivity contribution in [3.8, 4) is 17.6 Å². The summed E-state index contributed by atoms with van der Waals surface area (Å²) < 4.78 is 34.9. The van der Waals surface area contributed by atoms with Gasteiger partial charge in [-0.25, -0.2) is 13.6 Å². The minimum absolute atomic E-state index is 0.0152. The van der Waals surface area contributed by atoms with E-state index >= 15 is 4.39 Å². The number of ether oxygens (including phenoxy) is 1. The van der Waals surface area contributed by atoms with Crippen molar-refractivity contribution in [3.05, 3.63) is 64.2 Å². The molecule has 3 aliphatic rings. The predicted molar refractivity (Wildman–Crippen MR) is 138 cm³/mol. The van der Waals surface area contributed by atoms with Gasteiger partial charge in [0.1, 0.15) is 5.82 Å². The fourth-order valence-electron chi connectivity index (χ4n) is 5.07. The number of hydrogen-bond donors (Lipinski definition) is 4. The van der Waals surface area contributed by atoms with Crippen molar-refractivity contribution in [2.45, 2.75) is 25.0 Å². The zero-order valence-electron chi connectivity index (χ0n) is 21.7. The monoisotopic (exact) mass is 552 g/mol. The van der Waals surface area contributed by atoms with Crippen LogP contribution in [0.2, 0.25) is 0 Å². The van der Waals surface area contributed by atoms with E-state index in [4.69, 9.17) is 4.74 Å². The molecule has 2 aromatic carbocycles. The van der Waals surface area contributed by atoms with Gasteiger partial charge >= 0.3 is 6.03 Å². The molecule has 5 rings (SSSR count). The molecule has 0 unspecified atom stereocenters. The molecular formula is C27H26F2N6O5. The Balaban J connectivity index is 1.42. The van der Waals surface area contributed by atoms with Crippen LogP contribution in [0.5, 0.6) is 5.75 Å². The van der Waals surface area contributed by atoms with Gasteiger partial charge in [0.25, 0.3) is 11.8 Å². The van der Waals surface area contributed by atoms with Crippen LogP contribution in [0, 0.1) is 23.5 Å². The Labute approximate surface area is 228 Å². The van der Waals surface area contributed by atoms with Crippen molar-refractivity contribution in [1.29, 1.82) is 0 Å². The van der Waals surface area contributed by atoms with Crippen LogP contribution in [0.3, 0.4) is 0 Å². The number of oxime groups is 1. The molecule has 13 heteroatoms. The van der Waals surface area contributed by atoms with Gasteiger partial charge < -0.3 is 30.4 Å². The summed E-state index contributed by atoms with van der Waals surface area (Å²) in [4.78, 5) is 41.0. The number of amides is 4. The second-order valence-electron chi connectivity index (χ2n) is 9.71. The highest BCUT2D eigenvalue weighted by molar-refractivity contribution is 6.10. The van der Waals surface area contributed by atoms with Crippen LogP contribution in [0.4, 0.5) is 13.6 Å². The number of benzene rings is 2. The van der Waals surface area contributed by atoms with E-state index in [9.17, 15) is 24.0 Å². The Hall–Kier alpha value is -4.70. The van der Waals surface area contributed by atoms with Crippen molar-refractivity contribution < 1.29 is 33.1 Å². The maximum absolute atomic E-state index is 15.2. The Kier molecular flexibility index (Phi) is 7.03. The summed E-state index contributed by atoms with van der Waals surface area (Å²) in [5.74, 6) is 2.39. The van der Waals surface area contributed by atoms with Crippen LogP contribution in [0.15, 0.2) is 35.5 Å². The predicted octanol–water partition coefficient (Wildman–Crippen LogP) is 0.989. The highest BCUT2D eigenvalue weighted by atomic mass is 19.1. The molecule has 2 saturated heterocycles. The molecule has 0 spiro atoms. The molecule has 4 N–H and O–H groups in total. The number of hydrogen-bond acceptors (Lipinski definition) is 7. The standard InChI is InChI=1S/C27H26F2N6O5/c1-15-12-30-9-10-35(15)23(33-39)18-5-3-16(11-19(18)28)7-8-27(25(37)31-26(38)32-27)14-34-13-17-4-6-20(40-2)22(29)21(17)24(34)36/h3-6,11,15,30,39H,9-10,12-14H2,1-2H3,(H2,31,32,37,38)/t15-,27+/m0/s1. The third kappa shape index (κ3) is 4.66.